The fourth-order valence-electron chi connectivity index (χ4n) is 2.36. The minimum atomic E-state index is -4.46. The molecule has 2 amide bonds. The fourth-order valence-corrected chi connectivity index (χ4v) is 2.36. The molecule has 0 aromatic heterocycles. The summed E-state index contributed by atoms with van der Waals surface area (Å²) >= 11 is 0. The van der Waals surface area contributed by atoms with Crippen molar-refractivity contribution < 1.29 is 27.5 Å². The first-order chi connectivity index (χ1) is 11.1. The van der Waals surface area contributed by atoms with Crippen LogP contribution in [0.4, 0.5) is 18.0 Å². The number of amides is 2. The van der Waals surface area contributed by atoms with Crippen LogP contribution in [0.1, 0.15) is 37.9 Å². The highest BCUT2D eigenvalue weighted by Crippen LogP contribution is 2.32. The molecule has 1 heterocycles. The number of hydrogen-bond acceptors (Lipinski definition) is 3. The van der Waals surface area contributed by atoms with Crippen LogP contribution < -0.4 is 10.6 Å². The van der Waals surface area contributed by atoms with Gasteiger partial charge in [0, 0.05) is 5.70 Å². The zero-order valence-corrected chi connectivity index (χ0v) is 13.3. The molecule has 24 heavy (non-hydrogen) atoms. The van der Waals surface area contributed by atoms with Crippen molar-refractivity contribution in [2.45, 2.75) is 39.1 Å². The highest BCUT2D eigenvalue weighted by atomic mass is 19.4. The smallest absolute Gasteiger partial charge is 0.416 e. The molecule has 0 radical (unpaired) electrons. The molecule has 1 atom stereocenters. The summed E-state index contributed by atoms with van der Waals surface area (Å²) in [5.74, 6) is -0.639. The first-order valence-corrected chi connectivity index (χ1v) is 7.26. The van der Waals surface area contributed by atoms with Crippen molar-refractivity contribution in [2.24, 2.45) is 0 Å². The molecule has 0 unspecified atom stereocenters. The van der Waals surface area contributed by atoms with Gasteiger partial charge in [-0.1, -0.05) is 12.1 Å². The van der Waals surface area contributed by atoms with Crippen LogP contribution in [0, 0.1) is 0 Å². The lowest BCUT2D eigenvalue weighted by molar-refractivity contribution is -0.143. The van der Waals surface area contributed by atoms with E-state index in [0.717, 1.165) is 12.1 Å². The van der Waals surface area contributed by atoms with E-state index in [-0.39, 0.29) is 11.7 Å². The molecule has 2 N–H and O–H groups in total. The van der Waals surface area contributed by atoms with Crippen molar-refractivity contribution in [3.8, 4) is 0 Å². The summed E-state index contributed by atoms with van der Waals surface area (Å²) in [6.07, 6.45) is -4.83. The first-order valence-electron chi connectivity index (χ1n) is 7.26. The lowest BCUT2D eigenvalue weighted by Gasteiger charge is -2.28. The molecule has 1 aliphatic heterocycles. The normalized spacial score (nSPS) is 18.3. The lowest BCUT2D eigenvalue weighted by atomic mass is 9.95. The predicted molar refractivity (Wildman–Crippen MR) is 79.8 cm³/mol. The number of benzene rings is 1. The Balaban J connectivity index is 2.39. The Bertz CT molecular complexity index is 679. The average molecular weight is 342 g/mol. The number of hydrogen-bond donors (Lipinski definition) is 2. The summed E-state index contributed by atoms with van der Waals surface area (Å²) in [5, 5.41) is 5.00. The third-order valence-electron chi connectivity index (χ3n) is 3.40. The fraction of sp³-hybridized carbons (Fsp3) is 0.375. The van der Waals surface area contributed by atoms with Crippen LogP contribution in [0.3, 0.4) is 0 Å². The van der Waals surface area contributed by atoms with Gasteiger partial charge < -0.3 is 15.4 Å². The van der Waals surface area contributed by atoms with Crippen molar-refractivity contribution in [3.05, 3.63) is 46.7 Å². The Labute approximate surface area is 136 Å². The number of urea groups is 1. The summed E-state index contributed by atoms with van der Waals surface area (Å²) in [5.41, 5.74) is 0.00350. The van der Waals surface area contributed by atoms with E-state index in [1.54, 1.807) is 13.8 Å². The Morgan fingerprint density at radius 2 is 1.79 bits per heavy atom. The van der Waals surface area contributed by atoms with Crippen LogP contribution in [0.2, 0.25) is 0 Å². The van der Waals surface area contributed by atoms with Crippen molar-refractivity contribution in [1.29, 1.82) is 0 Å². The van der Waals surface area contributed by atoms with Crippen molar-refractivity contribution in [1.82, 2.24) is 10.6 Å². The SMILES string of the molecule is CC1=C(C(=O)OC(C)C)[C@@H](c2ccc(C(F)(F)F)cc2)NC(=O)N1. The Kier molecular flexibility index (Phi) is 4.86. The average Bonchev–Trinajstić information content (AvgIpc) is 2.44. The number of halogens is 3. The van der Waals surface area contributed by atoms with Crippen LogP contribution in [0.25, 0.3) is 0 Å². The highest BCUT2D eigenvalue weighted by molar-refractivity contribution is 5.95. The van der Waals surface area contributed by atoms with E-state index >= 15 is 0 Å². The first kappa shape index (κ1) is 17.8. The van der Waals surface area contributed by atoms with Gasteiger partial charge in [-0.15, -0.1) is 0 Å². The van der Waals surface area contributed by atoms with Gasteiger partial charge in [0.25, 0.3) is 0 Å². The number of rotatable bonds is 3. The number of ether oxygens (including phenoxy) is 1. The summed E-state index contributed by atoms with van der Waals surface area (Å²) < 4.78 is 43.2. The minimum Gasteiger partial charge on any atom is -0.459 e. The lowest BCUT2D eigenvalue weighted by Crippen LogP contribution is -2.45. The summed E-state index contributed by atoms with van der Waals surface area (Å²) in [7, 11) is 0. The second kappa shape index (κ2) is 6.54. The minimum absolute atomic E-state index is 0.156. The van der Waals surface area contributed by atoms with Crippen LogP contribution >= 0.6 is 0 Å². The van der Waals surface area contributed by atoms with E-state index in [9.17, 15) is 22.8 Å². The van der Waals surface area contributed by atoms with E-state index in [2.05, 4.69) is 10.6 Å². The molecule has 0 saturated heterocycles. The largest absolute Gasteiger partial charge is 0.459 e. The predicted octanol–water partition coefficient (Wildman–Crippen LogP) is 3.28. The number of alkyl halides is 3. The standard InChI is InChI=1S/C16H17F3N2O3/c1-8(2)24-14(22)12-9(3)20-15(23)21-13(12)10-4-6-11(7-5-10)16(17,18)19/h4-8,13H,1-3H3,(H2,20,21,23)/t13-/m1/s1. The number of esters is 1. The summed E-state index contributed by atoms with van der Waals surface area (Å²) in [6.45, 7) is 4.89. The third kappa shape index (κ3) is 3.87. The second-order valence-corrected chi connectivity index (χ2v) is 5.64. The molecule has 8 heteroatoms. The van der Waals surface area contributed by atoms with E-state index in [1.165, 1.54) is 19.1 Å². The number of nitrogens with one attached hydrogen (secondary N) is 2. The van der Waals surface area contributed by atoms with Crippen molar-refractivity contribution >= 4 is 12.0 Å². The zero-order valence-electron chi connectivity index (χ0n) is 13.3. The van der Waals surface area contributed by atoms with Crippen LogP contribution in [-0.4, -0.2) is 18.1 Å². The van der Waals surface area contributed by atoms with Gasteiger partial charge >= 0.3 is 18.2 Å². The highest BCUT2D eigenvalue weighted by Gasteiger charge is 2.34. The molecule has 2 rings (SSSR count). The van der Waals surface area contributed by atoms with E-state index in [0.29, 0.717) is 11.3 Å². The molecular weight excluding hydrogens is 325 g/mol. The van der Waals surface area contributed by atoms with Gasteiger partial charge in [0.15, 0.2) is 0 Å². The maximum absolute atomic E-state index is 12.7. The molecule has 130 valence electrons. The molecule has 0 bridgehead atoms. The molecular formula is C16H17F3N2O3. The molecule has 1 aromatic carbocycles. The van der Waals surface area contributed by atoms with Gasteiger partial charge in [0.05, 0.1) is 23.3 Å². The van der Waals surface area contributed by atoms with Crippen LogP contribution in [0.5, 0.6) is 0 Å². The molecule has 1 aliphatic rings. The zero-order chi connectivity index (χ0) is 18.1. The summed E-state index contributed by atoms with van der Waals surface area (Å²) in [4.78, 5) is 24.0. The molecule has 1 aromatic rings. The third-order valence-corrected chi connectivity index (χ3v) is 3.40. The number of allylic oxidation sites excluding steroid dienone is 1. The van der Waals surface area contributed by atoms with E-state index in [4.69, 9.17) is 4.74 Å². The Hall–Kier alpha value is -2.51. The van der Waals surface area contributed by atoms with Gasteiger partial charge in [-0.2, -0.15) is 13.2 Å². The van der Waals surface area contributed by atoms with Crippen molar-refractivity contribution in [3.63, 3.8) is 0 Å². The van der Waals surface area contributed by atoms with Gasteiger partial charge in [0.1, 0.15) is 0 Å². The monoisotopic (exact) mass is 342 g/mol. The van der Waals surface area contributed by atoms with Crippen LogP contribution in [-0.2, 0) is 15.7 Å². The topological polar surface area (TPSA) is 67.4 Å². The van der Waals surface area contributed by atoms with Crippen LogP contribution in [0.15, 0.2) is 35.5 Å². The second-order valence-electron chi connectivity index (χ2n) is 5.64. The molecule has 0 spiro atoms. The van der Waals surface area contributed by atoms with E-state index < -0.39 is 29.8 Å². The molecule has 0 aliphatic carbocycles. The number of carbonyl (C=O) groups excluding carboxylic acids is 2. The maximum atomic E-state index is 12.7. The Morgan fingerprint density at radius 3 is 2.29 bits per heavy atom. The maximum Gasteiger partial charge on any atom is 0.416 e. The Morgan fingerprint density at radius 1 is 1.21 bits per heavy atom. The van der Waals surface area contributed by atoms with Gasteiger partial charge in [-0.25, -0.2) is 9.59 Å². The molecule has 0 saturated carbocycles. The number of carbonyl (C=O) groups is 2. The quantitative estimate of drug-likeness (QED) is 0.829. The summed E-state index contributed by atoms with van der Waals surface area (Å²) in [6, 6.07) is 2.85. The van der Waals surface area contributed by atoms with Gasteiger partial charge in [-0.3, -0.25) is 0 Å². The molecule has 5 nitrogen and oxygen atoms in total. The molecule has 0 fully saturated rings. The van der Waals surface area contributed by atoms with Gasteiger partial charge in [0.2, 0.25) is 0 Å². The van der Waals surface area contributed by atoms with Gasteiger partial charge in [-0.05, 0) is 38.5 Å². The van der Waals surface area contributed by atoms with Crippen molar-refractivity contribution in [2.75, 3.05) is 0 Å². The van der Waals surface area contributed by atoms with E-state index in [1.807, 2.05) is 0 Å².